The highest BCUT2D eigenvalue weighted by Crippen LogP contribution is 2.34. The third-order valence-electron chi connectivity index (χ3n) is 3.43. The fourth-order valence-electron chi connectivity index (χ4n) is 2.19. The molecule has 4 nitrogen and oxygen atoms in total. The molecule has 0 aliphatic heterocycles. The van der Waals surface area contributed by atoms with Gasteiger partial charge in [-0.25, -0.2) is 9.67 Å². The highest BCUT2D eigenvalue weighted by molar-refractivity contribution is 6.35. The Hall–Kier alpha value is -1.36. The quantitative estimate of drug-likeness (QED) is 0.912. The second kappa shape index (κ2) is 6.18. The molecule has 6 heteroatoms. The van der Waals surface area contributed by atoms with Crippen LogP contribution in [0.5, 0.6) is 0 Å². The number of aliphatic hydroxyl groups excluding tert-OH is 1. The number of hydrogen-bond donors (Lipinski definition) is 1. The number of aromatic nitrogens is 3. The summed E-state index contributed by atoms with van der Waals surface area (Å²) in [6, 6.07) is 5.36. The molecule has 21 heavy (non-hydrogen) atoms. The van der Waals surface area contributed by atoms with Crippen molar-refractivity contribution in [1.29, 1.82) is 0 Å². The average Bonchev–Trinajstić information content (AvgIpc) is 2.94. The van der Waals surface area contributed by atoms with E-state index in [1.54, 1.807) is 12.1 Å². The molecule has 2 rings (SSSR count). The molecule has 0 amide bonds. The zero-order valence-electron chi connectivity index (χ0n) is 11.9. The van der Waals surface area contributed by atoms with Crippen molar-refractivity contribution in [2.75, 3.05) is 0 Å². The van der Waals surface area contributed by atoms with Gasteiger partial charge in [0, 0.05) is 15.5 Å². The highest BCUT2D eigenvalue weighted by atomic mass is 35.5. The van der Waals surface area contributed by atoms with E-state index >= 15 is 0 Å². The Balaban J connectivity index is 2.19. The maximum absolute atomic E-state index is 10.6. The molecular weight excluding hydrogens is 309 g/mol. The third-order valence-corrected chi connectivity index (χ3v) is 4.02. The molecule has 0 aliphatic carbocycles. The van der Waals surface area contributed by atoms with Crippen LogP contribution in [0.15, 0.2) is 37.4 Å². The minimum Gasteiger partial charge on any atom is -0.386 e. The summed E-state index contributed by atoms with van der Waals surface area (Å²) >= 11 is 12.1. The Bertz CT molecular complexity index is 638. The van der Waals surface area contributed by atoms with Gasteiger partial charge in [-0.2, -0.15) is 5.10 Å². The van der Waals surface area contributed by atoms with Crippen LogP contribution < -0.4 is 0 Å². The van der Waals surface area contributed by atoms with Gasteiger partial charge in [-0.3, -0.25) is 0 Å². The van der Waals surface area contributed by atoms with Crippen LogP contribution in [-0.4, -0.2) is 26.0 Å². The van der Waals surface area contributed by atoms with Crippen molar-refractivity contribution in [2.45, 2.75) is 26.4 Å². The summed E-state index contributed by atoms with van der Waals surface area (Å²) in [7, 11) is 0. The Kier molecular flexibility index (Phi) is 4.71. The van der Waals surface area contributed by atoms with E-state index in [9.17, 15) is 5.11 Å². The van der Waals surface area contributed by atoms with E-state index in [0.717, 1.165) is 5.56 Å². The van der Waals surface area contributed by atoms with Crippen LogP contribution in [0.3, 0.4) is 0 Å². The predicted molar refractivity (Wildman–Crippen MR) is 85.3 cm³/mol. The summed E-state index contributed by atoms with van der Waals surface area (Å²) in [5.41, 5.74) is 0.930. The lowest BCUT2D eigenvalue weighted by atomic mass is 9.79. The van der Waals surface area contributed by atoms with Gasteiger partial charge in [0.1, 0.15) is 18.8 Å². The van der Waals surface area contributed by atoms with E-state index < -0.39 is 11.5 Å². The fourth-order valence-corrected chi connectivity index (χ4v) is 2.66. The van der Waals surface area contributed by atoms with E-state index in [0.29, 0.717) is 22.2 Å². The summed E-state index contributed by atoms with van der Waals surface area (Å²) in [5.74, 6) is 0. The molecule has 1 aromatic carbocycles. The molecular formula is C15H17Cl2N3O. The molecule has 1 N–H and O–H groups in total. The van der Waals surface area contributed by atoms with Gasteiger partial charge in [0.25, 0.3) is 0 Å². The molecule has 0 saturated carbocycles. The second-order valence-corrected chi connectivity index (χ2v) is 6.48. The van der Waals surface area contributed by atoms with Gasteiger partial charge in [0.05, 0.1) is 5.70 Å². The van der Waals surface area contributed by atoms with Gasteiger partial charge in [0.2, 0.25) is 0 Å². The molecule has 0 bridgehead atoms. The van der Waals surface area contributed by atoms with Crippen molar-refractivity contribution in [1.82, 2.24) is 14.8 Å². The van der Waals surface area contributed by atoms with Crippen molar-refractivity contribution in [3.63, 3.8) is 0 Å². The number of halogens is 2. The van der Waals surface area contributed by atoms with Gasteiger partial charge in [-0.1, -0.05) is 49.7 Å². The van der Waals surface area contributed by atoms with Crippen LogP contribution in [0.1, 0.15) is 19.4 Å². The van der Waals surface area contributed by atoms with E-state index in [-0.39, 0.29) is 0 Å². The van der Waals surface area contributed by atoms with Gasteiger partial charge in [0.15, 0.2) is 0 Å². The maximum atomic E-state index is 10.6. The molecule has 0 aliphatic rings. The van der Waals surface area contributed by atoms with Crippen molar-refractivity contribution in [3.8, 4) is 0 Å². The highest BCUT2D eigenvalue weighted by Gasteiger charge is 2.32. The third kappa shape index (κ3) is 3.64. The minimum atomic E-state index is -0.786. The predicted octanol–water partition coefficient (Wildman–Crippen LogP) is 3.69. The Labute approximate surface area is 134 Å². The maximum Gasteiger partial charge on any atom is 0.138 e. The van der Waals surface area contributed by atoms with Gasteiger partial charge in [-0.05, 0) is 24.1 Å². The van der Waals surface area contributed by atoms with Crippen LogP contribution in [0.25, 0.3) is 5.70 Å². The SMILES string of the molecule is C=C([C@@H](O)C(C)(C)Cc1ccc(Cl)cc1Cl)n1cncn1. The normalized spacial score (nSPS) is 13.2. The van der Waals surface area contributed by atoms with E-state index in [2.05, 4.69) is 16.7 Å². The zero-order valence-corrected chi connectivity index (χ0v) is 13.4. The lowest BCUT2D eigenvalue weighted by Gasteiger charge is -2.32. The smallest absolute Gasteiger partial charge is 0.138 e. The standard InChI is InChI=1S/C15H17Cl2N3O/c1-10(20-9-18-8-19-20)14(21)15(2,3)7-11-4-5-12(16)6-13(11)17/h4-6,8-9,14,21H,1,7H2,2-3H3/t14-/m1/s1. The summed E-state index contributed by atoms with van der Waals surface area (Å²) in [6.07, 6.45) is 2.71. The Morgan fingerprint density at radius 3 is 2.71 bits per heavy atom. The first-order chi connectivity index (χ1) is 9.81. The summed E-state index contributed by atoms with van der Waals surface area (Å²) < 4.78 is 1.47. The minimum absolute atomic E-state index is 0.472. The van der Waals surface area contributed by atoms with Gasteiger partial charge >= 0.3 is 0 Å². The molecule has 0 spiro atoms. The van der Waals surface area contributed by atoms with Crippen molar-refractivity contribution < 1.29 is 5.11 Å². The molecule has 0 fully saturated rings. The first-order valence-electron chi connectivity index (χ1n) is 6.47. The Morgan fingerprint density at radius 2 is 2.14 bits per heavy atom. The molecule has 0 radical (unpaired) electrons. The van der Waals surface area contributed by atoms with Crippen molar-refractivity contribution >= 4 is 28.9 Å². The molecule has 2 aromatic rings. The second-order valence-electron chi connectivity index (χ2n) is 5.64. The largest absolute Gasteiger partial charge is 0.386 e. The van der Waals surface area contributed by atoms with Crippen LogP contribution in [-0.2, 0) is 6.42 Å². The molecule has 1 atom stereocenters. The van der Waals surface area contributed by atoms with Crippen LogP contribution >= 0.6 is 23.2 Å². The topological polar surface area (TPSA) is 50.9 Å². The molecule has 112 valence electrons. The molecule has 1 aromatic heterocycles. The van der Waals surface area contributed by atoms with Gasteiger partial charge < -0.3 is 5.11 Å². The number of nitrogens with zero attached hydrogens (tertiary/aromatic N) is 3. The monoisotopic (exact) mass is 325 g/mol. The van der Waals surface area contributed by atoms with Gasteiger partial charge in [-0.15, -0.1) is 0 Å². The average molecular weight is 326 g/mol. The fraction of sp³-hybridized carbons (Fsp3) is 0.333. The number of rotatable bonds is 5. The van der Waals surface area contributed by atoms with Crippen molar-refractivity contribution in [2.24, 2.45) is 5.41 Å². The van der Waals surface area contributed by atoms with Crippen LogP contribution in [0.4, 0.5) is 0 Å². The van der Waals surface area contributed by atoms with Crippen LogP contribution in [0.2, 0.25) is 10.0 Å². The number of benzene rings is 1. The van der Waals surface area contributed by atoms with Crippen LogP contribution in [0, 0.1) is 5.41 Å². The van der Waals surface area contributed by atoms with Crippen molar-refractivity contribution in [3.05, 3.63) is 53.0 Å². The first kappa shape index (κ1) is 16.0. The number of hydrogen-bond acceptors (Lipinski definition) is 3. The lowest BCUT2D eigenvalue weighted by molar-refractivity contribution is 0.0941. The van der Waals surface area contributed by atoms with E-state index in [1.165, 1.54) is 17.3 Å². The summed E-state index contributed by atoms with van der Waals surface area (Å²) in [5, 5.41) is 15.7. The summed E-state index contributed by atoms with van der Waals surface area (Å²) in [6.45, 7) is 7.80. The first-order valence-corrected chi connectivity index (χ1v) is 7.22. The zero-order chi connectivity index (χ0) is 15.6. The number of aliphatic hydroxyl groups is 1. The Morgan fingerprint density at radius 1 is 1.43 bits per heavy atom. The van der Waals surface area contributed by atoms with E-state index in [1.807, 2.05) is 19.9 Å². The molecule has 0 unspecified atom stereocenters. The molecule has 0 saturated heterocycles. The van der Waals surface area contributed by atoms with E-state index in [4.69, 9.17) is 23.2 Å². The molecule has 1 heterocycles. The lowest BCUT2D eigenvalue weighted by Crippen LogP contribution is -2.34. The summed E-state index contributed by atoms with van der Waals surface area (Å²) in [4.78, 5) is 3.86.